The number of rotatable bonds is 18. The third kappa shape index (κ3) is 15.9. The van der Waals surface area contributed by atoms with Gasteiger partial charge in [0, 0.05) is 6.42 Å². The maximum atomic E-state index is 10.5. The van der Waals surface area contributed by atoms with E-state index >= 15 is 0 Å². The summed E-state index contributed by atoms with van der Waals surface area (Å²) < 4.78 is 0. The van der Waals surface area contributed by atoms with E-state index in [1.165, 1.54) is 77.0 Å². The molecule has 0 N–H and O–H groups in total. The summed E-state index contributed by atoms with van der Waals surface area (Å²) in [5, 5.41) is 0. The summed E-state index contributed by atoms with van der Waals surface area (Å²) in [4.78, 5) is 10.5. The van der Waals surface area contributed by atoms with Crippen molar-refractivity contribution in [1.82, 2.24) is 0 Å². The monoisotopic (exact) mass is 366 g/mol. The predicted octanol–water partition coefficient (Wildman–Crippen LogP) is 8.46. The van der Waals surface area contributed by atoms with Crippen molar-refractivity contribution in [2.45, 2.75) is 125 Å². The molecule has 0 aromatic heterocycles. The van der Waals surface area contributed by atoms with E-state index in [9.17, 15) is 4.79 Å². The van der Waals surface area contributed by atoms with Gasteiger partial charge in [0.2, 0.25) is 0 Å². The molecule has 5 atom stereocenters. The van der Waals surface area contributed by atoms with Crippen molar-refractivity contribution < 1.29 is 4.79 Å². The molecule has 0 aromatic rings. The Balaban J connectivity index is 3.58. The summed E-state index contributed by atoms with van der Waals surface area (Å²) in [5.41, 5.74) is 0. The third-order valence-corrected chi connectivity index (χ3v) is 6.53. The average molecular weight is 367 g/mol. The van der Waals surface area contributed by atoms with Gasteiger partial charge in [-0.25, -0.2) is 0 Å². The fourth-order valence-corrected chi connectivity index (χ4v) is 3.93. The minimum atomic E-state index is 0.576. The maximum Gasteiger partial charge on any atom is 0.120 e. The van der Waals surface area contributed by atoms with Crippen molar-refractivity contribution in [3.05, 3.63) is 0 Å². The van der Waals surface area contributed by atoms with E-state index in [1.54, 1.807) is 0 Å². The molecule has 0 saturated heterocycles. The zero-order valence-electron chi connectivity index (χ0n) is 19.1. The molecular weight excluding hydrogens is 316 g/mol. The number of aldehydes is 1. The van der Waals surface area contributed by atoms with Crippen LogP contribution >= 0.6 is 0 Å². The van der Waals surface area contributed by atoms with Crippen LogP contribution in [0.1, 0.15) is 125 Å². The van der Waals surface area contributed by atoms with E-state index < -0.39 is 0 Å². The van der Waals surface area contributed by atoms with Crippen LogP contribution in [0.4, 0.5) is 0 Å². The lowest BCUT2D eigenvalue weighted by atomic mass is 9.89. The van der Waals surface area contributed by atoms with Crippen molar-refractivity contribution in [2.24, 2.45) is 29.6 Å². The Hall–Kier alpha value is -0.330. The van der Waals surface area contributed by atoms with E-state index in [1.807, 2.05) is 0 Å². The van der Waals surface area contributed by atoms with Gasteiger partial charge in [0.25, 0.3) is 0 Å². The normalized spacial score (nSPS) is 17.5. The minimum absolute atomic E-state index is 0.576. The molecule has 0 aliphatic heterocycles. The van der Waals surface area contributed by atoms with E-state index in [0.29, 0.717) is 5.92 Å². The average Bonchev–Trinajstić information content (AvgIpc) is 2.59. The molecule has 156 valence electrons. The molecule has 5 unspecified atom stereocenters. The highest BCUT2D eigenvalue weighted by atomic mass is 16.1. The van der Waals surface area contributed by atoms with Gasteiger partial charge in [0.1, 0.15) is 6.29 Å². The number of carbonyl (C=O) groups is 1. The second kappa shape index (κ2) is 16.8. The van der Waals surface area contributed by atoms with Crippen molar-refractivity contribution in [3.8, 4) is 0 Å². The van der Waals surface area contributed by atoms with Crippen molar-refractivity contribution >= 4 is 6.29 Å². The molecule has 1 nitrogen and oxygen atoms in total. The standard InChI is InChI=1S/C25H50O/c1-7-21(2)17-18-24(5)15-9-13-22(3)11-8-12-23(4)14-10-16-25(6)19-20-26/h20-25H,7-19H2,1-6H3. The third-order valence-electron chi connectivity index (χ3n) is 6.53. The number of hydrogen-bond donors (Lipinski definition) is 0. The van der Waals surface area contributed by atoms with Crippen molar-refractivity contribution in [3.63, 3.8) is 0 Å². The van der Waals surface area contributed by atoms with Crippen LogP contribution in [0.15, 0.2) is 0 Å². The van der Waals surface area contributed by atoms with Gasteiger partial charge in [-0.15, -0.1) is 0 Å². The minimum Gasteiger partial charge on any atom is -0.303 e. The molecule has 0 saturated carbocycles. The van der Waals surface area contributed by atoms with E-state index in [-0.39, 0.29) is 0 Å². The first-order valence-electron chi connectivity index (χ1n) is 11.8. The fraction of sp³-hybridized carbons (Fsp3) is 0.960. The molecule has 0 rings (SSSR count). The first-order valence-corrected chi connectivity index (χ1v) is 11.8. The van der Waals surface area contributed by atoms with Crippen LogP contribution in [0.25, 0.3) is 0 Å². The molecule has 0 aliphatic carbocycles. The smallest absolute Gasteiger partial charge is 0.120 e. The van der Waals surface area contributed by atoms with Crippen LogP contribution in [-0.2, 0) is 4.79 Å². The van der Waals surface area contributed by atoms with Crippen LogP contribution in [0.5, 0.6) is 0 Å². The van der Waals surface area contributed by atoms with Gasteiger partial charge in [0.05, 0.1) is 0 Å². The predicted molar refractivity (Wildman–Crippen MR) is 118 cm³/mol. The van der Waals surface area contributed by atoms with Crippen LogP contribution in [-0.4, -0.2) is 6.29 Å². The second-order valence-corrected chi connectivity index (χ2v) is 9.71. The first kappa shape index (κ1) is 25.7. The maximum absolute atomic E-state index is 10.5. The molecule has 26 heavy (non-hydrogen) atoms. The summed E-state index contributed by atoms with van der Waals surface area (Å²) in [6, 6.07) is 0. The van der Waals surface area contributed by atoms with E-state index in [0.717, 1.165) is 36.4 Å². The molecular formula is C25H50O. The fourth-order valence-electron chi connectivity index (χ4n) is 3.93. The summed E-state index contributed by atoms with van der Waals surface area (Å²) in [6.45, 7) is 14.2. The molecule has 0 spiro atoms. The Morgan fingerprint density at radius 3 is 1.27 bits per heavy atom. The van der Waals surface area contributed by atoms with Gasteiger partial charge in [-0.2, -0.15) is 0 Å². The van der Waals surface area contributed by atoms with Gasteiger partial charge in [-0.05, 0) is 29.6 Å². The second-order valence-electron chi connectivity index (χ2n) is 9.71. The number of carbonyl (C=O) groups excluding carboxylic acids is 1. The van der Waals surface area contributed by atoms with Crippen molar-refractivity contribution in [2.75, 3.05) is 0 Å². The van der Waals surface area contributed by atoms with Crippen molar-refractivity contribution in [1.29, 1.82) is 0 Å². The van der Waals surface area contributed by atoms with Crippen LogP contribution < -0.4 is 0 Å². The molecule has 0 bridgehead atoms. The number of hydrogen-bond acceptors (Lipinski definition) is 1. The molecule has 0 aliphatic rings. The van der Waals surface area contributed by atoms with Crippen LogP contribution in [0.2, 0.25) is 0 Å². The Morgan fingerprint density at radius 2 is 0.885 bits per heavy atom. The largest absolute Gasteiger partial charge is 0.303 e. The van der Waals surface area contributed by atoms with E-state index in [2.05, 4.69) is 41.5 Å². The lowest BCUT2D eigenvalue weighted by Crippen LogP contribution is -2.03. The summed E-state index contributed by atoms with van der Waals surface area (Å²) >= 11 is 0. The Labute approximate surface area is 166 Å². The zero-order chi connectivity index (χ0) is 19.8. The van der Waals surface area contributed by atoms with Gasteiger partial charge < -0.3 is 4.79 Å². The quantitative estimate of drug-likeness (QED) is 0.222. The molecule has 1 heteroatoms. The Morgan fingerprint density at radius 1 is 0.538 bits per heavy atom. The van der Waals surface area contributed by atoms with Gasteiger partial charge in [-0.1, -0.05) is 119 Å². The highest BCUT2D eigenvalue weighted by Gasteiger charge is 2.09. The van der Waals surface area contributed by atoms with Crippen LogP contribution in [0, 0.1) is 29.6 Å². The highest BCUT2D eigenvalue weighted by Crippen LogP contribution is 2.24. The van der Waals surface area contributed by atoms with Crippen LogP contribution in [0.3, 0.4) is 0 Å². The lowest BCUT2D eigenvalue weighted by Gasteiger charge is -2.17. The van der Waals surface area contributed by atoms with Gasteiger partial charge in [0.15, 0.2) is 0 Å². The Bertz CT molecular complexity index is 311. The topological polar surface area (TPSA) is 17.1 Å². The lowest BCUT2D eigenvalue weighted by molar-refractivity contribution is -0.108. The van der Waals surface area contributed by atoms with Gasteiger partial charge >= 0.3 is 0 Å². The van der Waals surface area contributed by atoms with Gasteiger partial charge in [-0.3, -0.25) is 0 Å². The van der Waals surface area contributed by atoms with E-state index in [4.69, 9.17) is 0 Å². The first-order chi connectivity index (χ1) is 12.4. The summed E-state index contributed by atoms with van der Waals surface area (Å²) in [7, 11) is 0. The zero-order valence-corrected chi connectivity index (χ0v) is 19.1. The molecule has 0 amide bonds. The molecule has 0 heterocycles. The molecule has 0 aromatic carbocycles. The molecule has 0 radical (unpaired) electrons. The SMILES string of the molecule is CCC(C)CCC(C)CCCC(C)CCCC(C)CCCC(C)CC=O. The Kier molecular flexibility index (Phi) is 16.6. The molecule has 0 fully saturated rings. The summed E-state index contributed by atoms with van der Waals surface area (Å²) in [6.07, 6.45) is 18.3. The summed E-state index contributed by atoms with van der Waals surface area (Å²) in [5.74, 6) is 4.15. The highest BCUT2D eigenvalue weighted by molar-refractivity contribution is 5.49.